The molecular weight excluding hydrogens is 321 g/mol. The summed E-state index contributed by atoms with van der Waals surface area (Å²) in [6.07, 6.45) is -2.58. The van der Waals surface area contributed by atoms with Crippen LogP contribution in [-0.2, 0) is 11.0 Å². The zero-order valence-electron chi connectivity index (χ0n) is 11.0. The number of ketones is 2. The first-order chi connectivity index (χ1) is 10.3. The number of alkyl halides is 3. The van der Waals surface area contributed by atoms with Crippen molar-refractivity contribution in [1.29, 1.82) is 0 Å². The molecule has 0 aromatic carbocycles. The highest BCUT2D eigenvalue weighted by atomic mass is 32.1. The van der Waals surface area contributed by atoms with Crippen LogP contribution in [0.15, 0.2) is 16.7 Å². The van der Waals surface area contributed by atoms with Crippen LogP contribution in [0.5, 0.6) is 0 Å². The first-order valence-electron chi connectivity index (χ1n) is 6.43. The summed E-state index contributed by atoms with van der Waals surface area (Å²) in [5.41, 5.74) is 0. The number of carbonyl (C=O) groups is 2. The number of halogens is 3. The lowest BCUT2D eigenvalue weighted by molar-refractivity contribution is -0.159. The van der Waals surface area contributed by atoms with Crippen LogP contribution in [0.2, 0.25) is 0 Å². The lowest BCUT2D eigenvalue weighted by atomic mass is 10.1. The molecule has 0 spiro atoms. The molecular formula is C13H9F3N2O3S. The average molecular weight is 330 g/mol. The zero-order chi connectivity index (χ0) is 15.9. The first-order valence-corrected chi connectivity index (χ1v) is 7.25. The Balaban J connectivity index is 1.76. The highest BCUT2D eigenvalue weighted by Crippen LogP contribution is 2.34. The Kier molecular flexibility index (Phi) is 3.59. The fraction of sp³-hybridized carbons (Fsp3) is 0.385. The molecule has 0 aliphatic heterocycles. The monoisotopic (exact) mass is 330 g/mol. The molecule has 3 rings (SSSR count). The number of nitrogens with zero attached hydrogens (tertiary/aromatic N) is 2. The van der Waals surface area contributed by atoms with Crippen molar-refractivity contribution >= 4 is 22.9 Å². The summed E-state index contributed by atoms with van der Waals surface area (Å²) in [4.78, 5) is 27.3. The van der Waals surface area contributed by atoms with Gasteiger partial charge in [0.25, 0.3) is 0 Å². The van der Waals surface area contributed by atoms with Gasteiger partial charge in [0.05, 0.1) is 9.75 Å². The standard InChI is InChI=1S/C13H9F3N2O3S/c14-13(15,16)12-17-11(18-21-12)9-4-3-8(22-9)10(20)7(19)5-6-1-2-6/h3-4,6H,1-2,5H2. The Bertz CT molecular complexity index is 731. The van der Waals surface area contributed by atoms with E-state index in [0.717, 1.165) is 24.2 Å². The number of aromatic nitrogens is 2. The maximum atomic E-state index is 12.4. The Morgan fingerprint density at radius 1 is 1.32 bits per heavy atom. The van der Waals surface area contributed by atoms with E-state index in [9.17, 15) is 22.8 Å². The van der Waals surface area contributed by atoms with E-state index in [-0.39, 0.29) is 22.0 Å². The largest absolute Gasteiger partial charge is 0.471 e. The molecule has 116 valence electrons. The smallest absolute Gasteiger partial charge is 0.329 e. The summed E-state index contributed by atoms with van der Waals surface area (Å²) >= 11 is 0.871. The SMILES string of the molecule is O=C(CC1CC1)C(=O)c1ccc(-c2noc(C(F)(F)F)n2)s1. The number of thiophene rings is 1. The molecule has 9 heteroatoms. The Hall–Kier alpha value is -2.03. The van der Waals surface area contributed by atoms with Gasteiger partial charge in [-0.2, -0.15) is 18.2 Å². The summed E-state index contributed by atoms with van der Waals surface area (Å²) in [7, 11) is 0. The van der Waals surface area contributed by atoms with Crippen molar-refractivity contribution in [3.63, 3.8) is 0 Å². The van der Waals surface area contributed by atoms with Gasteiger partial charge in [0.1, 0.15) is 0 Å². The predicted molar refractivity (Wildman–Crippen MR) is 69.3 cm³/mol. The third kappa shape index (κ3) is 3.08. The van der Waals surface area contributed by atoms with Gasteiger partial charge in [-0.3, -0.25) is 9.59 Å². The summed E-state index contributed by atoms with van der Waals surface area (Å²) in [6, 6.07) is 2.78. The summed E-state index contributed by atoms with van der Waals surface area (Å²) < 4.78 is 41.3. The van der Waals surface area contributed by atoms with Gasteiger partial charge in [0.15, 0.2) is 0 Å². The van der Waals surface area contributed by atoms with Crippen molar-refractivity contribution in [2.24, 2.45) is 5.92 Å². The van der Waals surface area contributed by atoms with Gasteiger partial charge < -0.3 is 4.52 Å². The van der Waals surface area contributed by atoms with Crippen LogP contribution >= 0.6 is 11.3 Å². The van der Waals surface area contributed by atoms with Crippen LogP contribution in [0.25, 0.3) is 10.7 Å². The molecule has 1 aliphatic carbocycles. The lowest BCUT2D eigenvalue weighted by Crippen LogP contribution is -2.13. The number of hydrogen-bond acceptors (Lipinski definition) is 6. The van der Waals surface area contributed by atoms with Gasteiger partial charge in [-0.25, -0.2) is 0 Å². The fourth-order valence-electron chi connectivity index (χ4n) is 1.83. The molecule has 2 heterocycles. The number of Topliss-reactive ketones (excluding diaryl/α,β-unsaturated/α-hetero) is 2. The quantitative estimate of drug-likeness (QED) is 0.621. The molecule has 2 aromatic rings. The van der Waals surface area contributed by atoms with Crippen molar-refractivity contribution in [2.45, 2.75) is 25.4 Å². The number of hydrogen-bond donors (Lipinski definition) is 0. The molecule has 5 nitrogen and oxygen atoms in total. The van der Waals surface area contributed by atoms with E-state index in [4.69, 9.17) is 0 Å². The van der Waals surface area contributed by atoms with E-state index in [1.165, 1.54) is 12.1 Å². The van der Waals surface area contributed by atoms with Crippen molar-refractivity contribution in [3.05, 3.63) is 22.9 Å². The first kappa shape index (κ1) is 14.9. The third-order valence-electron chi connectivity index (χ3n) is 3.14. The van der Waals surface area contributed by atoms with Crippen LogP contribution in [-0.4, -0.2) is 21.7 Å². The van der Waals surface area contributed by atoms with Crippen molar-refractivity contribution in [3.8, 4) is 10.7 Å². The number of carbonyl (C=O) groups excluding carboxylic acids is 2. The van der Waals surface area contributed by atoms with E-state index in [1.807, 2.05) is 0 Å². The molecule has 1 aliphatic rings. The molecule has 0 N–H and O–H groups in total. The van der Waals surface area contributed by atoms with E-state index in [0.29, 0.717) is 5.92 Å². The van der Waals surface area contributed by atoms with Gasteiger partial charge in [0.2, 0.25) is 17.4 Å². The minimum Gasteiger partial charge on any atom is -0.329 e. The second-order valence-electron chi connectivity index (χ2n) is 4.98. The van der Waals surface area contributed by atoms with Crippen molar-refractivity contribution < 1.29 is 27.3 Å². The number of rotatable bonds is 5. The lowest BCUT2D eigenvalue weighted by Gasteiger charge is -1.96. The summed E-state index contributed by atoms with van der Waals surface area (Å²) in [5.74, 6) is -2.51. The highest BCUT2D eigenvalue weighted by Gasteiger charge is 2.38. The predicted octanol–water partition coefficient (Wildman–Crippen LogP) is 3.37. The molecule has 1 saturated carbocycles. The van der Waals surface area contributed by atoms with Crippen LogP contribution in [0.4, 0.5) is 13.2 Å². The molecule has 2 aromatic heterocycles. The van der Waals surface area contributed by atoms with Crippen LogP contribution in [0.1, 0.15) is 34.8 Å². The Labute approximate surface area is 126 Å². The molecule has 0 radical (unpaired) electrons. The zero-order valence-corrected chi connectivity index (χ0v) is 11.8. The topological polar surface area (TPSA) is 73.1 Å². The maximum absolute atomic E-state index is 12.4. The molecule has 0 bridgehead atoms. The molecule has 0 unspecified atom stereocenters. The maximum Gasteiger partial charge on any atom is 0.471 e. The second-order valence-corrected chi connectivity index (χ2v) is 6.07. The third-order valence-corrected chi connectivity index (χ3v) is 4.22. The highest BCUT2D eigenvalue weighted by molar-refractivity contribution is 7.18. The van der Waals surface area contributed by atoms with Gasteiger partial charge in [-0.1, -0.05) is 5.16 Å². The molecule has 0 saturated heterocycles. The Morgan fingerprint density at radius 3 is 2.64 bits per heavy atom. The van der Waals surface area contributed by atoms with E-state index in [2.05, 4.69) is 14.7 Å². The Morgan fingerprint density at radius 2 is 2.05 bits per heavy atom. The van der Waals surface area contributed by atoms with Crippen molar-refractivity contribution in [1.82, 2.24) is 10.1 Å². The molecule has 0 atom stereocenters. The summed E-state index contributed by atoms with van der Waals surface area (Å²) in [5, 5.41) is 3.24. The minimum absolute atomic E-state index is 0.166. The van der Waals surface area contributed by atoms with E-state index < -0.39 is 23.6 Å². The second kappa shape index (κ2) is 5.31. The fourth-order valence-corrected chi connectivity index (χ4v) is 2.72. The minimum atomic E-state index is -4.72. The van der Waals surface area contributed by atoms with Gasteiger partial charge in [0, 0.05) is 6.42 Å². The van der Waals surface area contributed by atoms with Gasteiger partial charge in [-0.15, -0.1) is 11.3 Å². The molecule has 1 fully saturated rings. The average Bonchev–Trinajstić information content (AvgIpc) is 2.96. The van der Waals surface area contributed by atoms with E-state index in [1.54, 1.807) is 0 Å². The van der Waals surface area contributed by atoms with Crippen LogP contribution < -0.4 is 0 Å². The molecule has 22 heavy (non-hydrogen) atoms. The van der Waals surface area contributed by atoms with Crippen LogP contribution in [0.3, 0.4) is 0 Å². The van der Waals surface area contributed by atoms with Gasteiger partial charge in [-0.05, 0) is 30.9 Å². The van der Waals surface area contributed by atoms with Crippen LogP contribution in [0, 0.1) is 5.92 Å². The van der Waals surface area contributed by atoms with Crippen molar-refractivity contribution in [2.75, 3.05) is 0 Å². The van der Waals surface area contributed by atoms with Gasteiger partial charge >= 0.3 is 12.1 Å². The van der Waals surface area contributed by atoms with E-state index >= 15 is 0 Å². The normalized spacial score (nSPS) is 15.0. The summed E-state index contributed by atoms with van der Waals surface area (Å²) in [6.45, 7) is 0. The molecule has 0 amide bonds.